The van der Waals surface area contributed by atoms with Gasteiger partial charge in [0.1, 0.15) is 4.21 Å². The van der Waals surface area contributed by atoms with Crippen molar-refractivity contribution in [3.8, 4) is 6.07 Å². The summed E-state index contributed by atoms with van der Waals surface area (Å²) in [7, 11) is -3.45. The van der Waals surface area contributed by atoms with Crippen LogP contribution in [-0.4, -0.2) is 8.42 Å². The molecule has 0 aliphatic carbocycles. The highest BCUT2D eigenvalue weighted by molar-refractivity contribution is 7.91. The first-order chi connectivity index (χ1) is 8.62. The van der Waals surface area contributed by atoms with E-state index in [1.165, 1.54) is 11.3 Å². The molecule has 0 spiro atoms. The van der Waals surface area contributed by atoms with E-state index in [0.29, 0.717) is 9.77 Å². The quantitative estimate of drug-likeness (QED) is 0.931. The molecule has 2 rings (SSSR count). The van der Waals surface area contributed by atoms with Crippen LogP contribution in [0, 0.1) is 11.3 Å². The van der Waals surface area contributed by atoms with Crippen LogP contribution in [0.15, 0.2) is 46.0 Å². The second-order valence-electron chi connectivity index (χ2n) is 3.57. The van der Waals surface area contributed by atoms with Gasteiger partial charge in [0.25, 0.3) is 0 Å². The first-order valence-corrected chi connectivity index (χ1v) is 7.50. The van der Waals surface area contributed by atoms with Gasteiger partial charge in [-0.25, -0.2) is 13.1 Å². The molecule has 2 aromatic rings. The first kappa shape index (κ1) is 12.8. The molecule has 1 heterocycles. The Hall–Kier alpha value is -1.68. The van der Waals surface area contributed by atoms with Crippen molar-refractivity contribution in [2.75, 3.05) is 0 Å². The van der Waals surface area contributed by atoms with Gasteiger partial charge in [-0.15, -0.1) is 11.3 Å². The Bertz CT molecular complexity index is 670. The van der Waals surface area contributed by atoms with Crippen LogP contribution in [0.2, 0.25) is 0 Å². The maximum absolute atomic E-state index is 11.9. The molecule has 0 radical (unpaired) electrons. The van der Waals surface area contributed by atoms with Crippen LogP contribution < -0.4 is 4.72 Å². The minimum atomic E-state index is -3.45. The average Bonchev–Trinajstić information content (AvgIpc) is 2.91. The second kappa shape index (κ2) is 5.31. The van der Waals surface area contributed by atoms with Crippen molar-refractivity contribution < 1.29 is 8.42 Å². The van der Waals surface area contributed by atoms with E-state index in [-0.39, 0.29) is 6.54 Å². The summed E-state index contributed by atoms with van der Waals surface area (Å²) in [6.45, 7) is 0.176. The molecule has 1 aromatic carbocycles. The molecule has 92 valence electrons. The fraction of sp³-hybridized carbons (Fsp3) is 0.0833. The maximum Gasteiger partial charge on any atom is 0.250 e. The lowest BCUT2D eigenvalue weighted by molar-refractivity contribution is 0.583. The van der Waals surface area contributed by atoms with Crippen LogP contribution in [0.5, 0.6) is 0 Å². The smallest absolute Gasteiger partial charge is 0.206 e. The van der Waals surface area contributed by atoms with Gasteiger partial charge in [0, 0.05) is 6.54 Å². The molecule has 4 nitrogen and oxygen atoms in total. The second-order valence-corrected chi connectivity index (χ2v) is 6.51. The Morgan fingerprint density at radius 2 is 2.11 bits per heavy atom. The molecule has 0 aliphatic rings. The van der Waals surface area contributed by atoms with Gasteiger partial charge in [0.2, 0.25) is 10.0 Å². The molecule has 1 N–H and O–H groups in total. The highest BCUT2D eigenvalue weighted by atomic mass is 32.2. The molecule has 18 heavy (non-hydrogen) atoms. The van der Waals surface area contributed by atoms with Gasteiger partial charge < -0.3 is 0 Å². The average molecular weight is 278 g/mol. The van der Waals surface area contributed by atoms with Crippen molar-refractivity contribution in [1.29, 1.82) is 5.26 Å². The van der Waals surface area contributed by atoms with Gasteiger partial charge >= 0.3 is 0 Å². The Morgan fingerprint density at radius 3 is 2.78 bits per heavy atom. The summed E-state index contributed by atoms with van der Waals surface area (Å²) in [5, 5.41) is 10.5. The summed E-state index contributed by atoms with van der Waals surface area (Å²) >= 11 is 1.17. The Labute approximate surface area is 110 Å². The molecular formula is C12H10N2O2S2. The maximum atomic E-state index is 11.9. The van der Waals surface area contributed by atoms with Crippen molar-refractivity contribution in [1.82, 2.24) is 4.72 Å². The first-order valence-electron chi connectivity index (χ1n) is 5.14. The van der Waals surface area contributed by atoms with Gasteiger partial charge in [-0.3, -0.25) is 0 Å². The van der Waals surface area contributed by atoms with Gasteiger partial charge in [-0.1, -0.05) is 18.2 Å². The number of sulfonamides is 1. The van der Waals surface area contributed by atoms with Crippen LogP contribution >= 0.6 is 11.3 Å². The van der Waals surface area contributed by atoms with Gasteiger partial charge in [-0.05, 0) is 29.1 Å². The highest BCUT2D eigenvalue weighted by Gasteiger charge is 2.14. The lowest BCUT2D eigenvalue weighted by Gasteiger charge is -2.05. The minimum absolute atomic E-state index is 0.176. The van der Waals surface area contributed by atoms with Crippen molar-refractivity contribution in [2.45, 2.75) is 10.8 Å². The number of nitrogens with one attached hydrogen (secondary N) is 1. The Balaban J connectivity index is 2.10. The Kier molecular flexibility index (Phi) is 3.77. The molecule has 0 saturated carbocycles. The largest absolute Gasteiger partial charge is 0.250 e. The number of benzene rings is 1. The topological polar surface area (TPSA) is 70.0 Å². The minimum Gasteiger partial charge on any atom is -0.206 e. The van der Waals surface area contributed by atoms with Gasteiger partial charge in [0.15, 0.2) is 0 Å². The van der Waals surface area contributed by atoms with Crippen molar-refractivity contribution in [3.63, 3.8) is 0 Å². The SMILES string of the molecule is N#Cc1cccc(CNS(=O)(=O)c2cccs2)c1. The molecule has 0 amide bonds. The number of nitriles is 1. The van der Waals surface area contributed by atoms with Gasteiger partial charge in [-0.2, -0.15) is 5.26 Å². The molecule has 0 fully saturated rings. The Morgan fingerprint density at radius 1 is 1.28 bits per heavy atom. The third kappa shape index (κ3) is 2.96. The van der Waals surface area contributed by atoms with Gasteiger partial charge in [0.05, 0.1) is 11.6 Å². The molecule has 0 unspecified atom stereocenters. The molecule has 0 atom stereocenters. The molecule has 6 heteroatoms. The number of rotatable bonds is 4. The number of thiophene rings is 1. The van der Waals surface area contributed by atoms with Crippen LogP contribution in [0.3, 0.4) is 0 Å². The van der Waals surface area contributed by atoms with E-state index in [2.05, 4.69) is 4.72 Å². The molecule has 0 saturated heterocycles. The third-order valence-corrected chi connectivity index (χ3v) is 5.08. The van der Waals surface area contributed by atoms with E-state index in [9.17, 15) is 8.42 Å². The summed E-state index contributed by atoms with van der Waals surface area (Å²) < 4.78 is 26.5. The third-order valence-electron chi connectivity index (χ3n) is 2.28. The van der Waals surface area contributed by atoms with Crippen LogP contribution in [-0.2, 0) is 16.6 Å². The van der Waals surface area contributed by atoms with Crippen molar-refractivity contribution in [3.05, 3.63) is 52.9 Å². The summed E-state index contributed by atoms with van der Waals surface area (Å²) in [5.74, 6) is 0. The monoisotopic (exact) mass is 278 g/mol. The summed E-state index contributed by atoms with van der Waals surface area (Å²) in [5.41, 5.74) is 1.28. The fourth-order valence-electron chi connectivity index (χ4n) is 1.42. The number of hydrogen-bond acceptors (Lipinski definition) is 4. The lowest BCUT2D eigenvalue weighted by Crippen LogP contribution is -2.22. The van der Waals surface area contributed by atoms with Crippen molar-refractivity contribution in [2.24, 2.45) is 0 Å². The zero-order chi connectivity index (χ0) is 13.0. The van der Waals surface area contributed by atoms with E-state index in [0.717, 1.165) is 5.56 Å². The zero-order valence-electron chi connectivity index (χ0n) is 9.33. The van der Waals surface area contributed by atoms with Crippen molar-refractivity contribution >= 4 is 21.4 Å². The number of hydrogen-bond donors (Lipinski definition) is 1. The standard InChI is InChI=1S/C12H10N2O2S2/c13-8-10-3-1-4-11(7-10)9-14-18(15,16)12-5-2-6-17-12/h1-7,14H,9H2. The summed E-state index contributed by atoms with van der Waals surface area (Å²) in [4.78, 5) is 0. The zero-order valence-corrected chi connectivity index (χ0v) is 11.0. The lowest BCUT2D eigenvalue weighted by atomic mass is 10.1. The van der Waals surface area contributed by atoms with E-state index in [1.54, 1.807) is 41.8 Å². The van der Waals surface area contributed by atoms with Crippen LogP contribution in [0.1, 0.15) is 11.1 Å². The highest BCUT2D eigenvalue weighted by Crippen LogP contribution is 2.15. The predicted molar refractivity (Wildman–Crippen MR) is 69.5 cm³/mol. The normalized spacial score (nSPS) is 11.1. The van der Waals surface area contributed by atoms with E-state index in [1.807, 2.05) is 6.07 Å². The summed E-state index contributed by atoms with van der Waals surface area (Å²) in [6.07, 6.45) is 0. The fourth-order valence-corrected chi connectivity index (χ4v) is 3.47. The predicted octanol–water partition coefficient (Wildman–Crippen LogP) is 2.10. The van der Waals surface area contributed by atoms with Crippen LogP contribution in [0.4, 0.5) is 0 Å². The molecule has 0 bridgehead atoms. The van der Waals surface area contributed by atoms with E-state index >= 15 is 0 Å². The van der Waals surface area contributed by atoms with E-state index < -0.39 is 10.0 Å². The number of nitrogens with zero attached hydrogens (tertiary/aromatic N) is 1. The molecule has 0 aliphatic heterocycles. The molecule has 1 aromatic heterocycles. The van der Waals surface area contributed by atoms with Crippen LogP contribution in [0.25, 0.3) is 0 Å². The van der Waals surface area contributed by atoms with E-state index in [4.69, 9.17) is 5.26 Å². The molecular weight excluding hydrogens is 268 g/mol. The summed E-state index contributed by atoms with van der Waals surface area (Å²) in [6, 6.07) is 12.1.